The first-order chi connectivity index (χ1) is 8.69. The molecule has 0 fully saturated rings. The van der Waals surface area contributed by atoms with Gasteiger partial charge in [-0.1, -0.05) is 0 Å². The molecule has 1 heterocycles. The number of hydrogen-bond acceptors (Lipinski definition) is 6. The first-order valence-electron chi connectivity index (χ1n) is 6.16. The van der Waals surface area contributed by atoms with E-state index in [-0.39, 0.29) is 6.04 Å². The summed E-state index contributed by atoms with van der Waals surface area (Å²) in [6.07, 6.45) is 2.51. The van der Waals surface area contributed by atoms with Gasteiger partial charge in [-0.05, 0) is 13.3 Å². The van der Waals surface area contributed by atoms with Crippen LogP contribution in [0.4, 0.5) is 11.6 Å². The van der Waals surface area contributed by atoms with E-state index < -0.39 is 0 Å². The van der Waals surface area contributed by atoms with Gasteiger partial charge in [-0.3, -0.25) is 0 Å². The van der Waals surface area contributed by atoms with Crippen LogP contribution in [0.15, 0.2) is 12.4 Å². The van der Waals surface area contributed by atoms with E-state index in [1.807, 2.05) is 18.0 Å². The number of methoxy groups -OCH3 is 1. The molecule has 6 nitrogen and oxygen atoms in total. The number of nitrogens with one attached hydrogen (secondary N) is 1. The number of likely N-dealkylation sites (N-methyl/N-ethyl adjacent to an activating group) is 1. The maximum absolute atomic E-state index is 5.65. The number of nitrogens with zero attached hydrogens (tertiary/aromatic N) is 3. The van der Waals surface area contributed by atoms with Crippen molar-refractivity contribution in [1.82, 2.24) is 9.97 Å². The molecule has 6 heteroatoms. The molecule has 1 aromatic rings. The highest BCUT2D eigenvalue weighted by molar-refractivity contribution is 5.48. The monoisotopic (exact) mass is 253 g/mol. The zero-order valence-electron chi connectivity index (χ0n) is 11.4. The number of rotatable bonds is 8. The summed E-state index contributed by atoms with van der Waals surface area (Å²) in [6.45, 7) is 4.24. The van der Waals surface area contributed by atoms with Gasteiger partial charge in [0.05, 0.1) is 0 Å². The normalized spacial score (nSPS) is 12.2. The summed E-state index contributed by atoms with van der Waals surface area (Å²) in [5.41, 5.74) is 5.65. The lowest BCUT2D eigenvalue weighted by molar-refractivity contribution is 0.198. The number of hydrogen-bond donors (Lipinski definition) is 2. The van der Waals surface area contributed by atoms with Crippen LogP contribution < -0.4 is 16.0 Å². The average Bonchev–Trinajstić information content (AvgIpc) is 2.42. The Morgan fingerprint density at radius 3 is 2.94 bits per heavy atom. The van der Waals surface area contributed by atoms with Gasteiger partial charge >= 0.3 is 0 Å². The fourth-order valence-electron chi connectivity index (χ4n) is 1.45. The first kappa shape index (κ1) is 14.7. The summed E-state index contributed by atoms with van der Waals surface area (Å²) in [5, 5.41) is 3.24. The molecule has 0 spiro atoms. The molecule has 0 radical (unpaired) electrons. The van der Waals surface area contributed by atoms with Gasteiger partial charge in [0.15, 0.2) is 0 Å². The van der Waals surface area contributed by atoms with E-state index in [4.69, 9.17) is 10.5 Å². The van der Waals surface area contributed by atoms with Crippen molar-refractivity contribution in [2.45, 2.75) is 19.4 Å². The maximum Gasteiger partial charge on any atom is 0.134 e. The molecule has 0 amide bonds. The summed E-state index contributed by atoms with van der Waals surface area (Å²) < 4.78 is 4.99. The van der Waals surface area contributed by atoms with Crippen LogP contribution >= 0.6 is 0 Å². The van der Waals surface area contributed by atoms with E-state index >= 15 is 0 Å². The van der Waals surface area contributed by atoms with Crippen molar-refractivity contribution in [3.63, 3.8) is 0 Å². The van der Waals surface area contributed by atoms with Crippen molar-refractivity contribution < 1.29 is 4.74 Å². The van der Waals surface area contributed by atoms with Gasteiger partial charge in [-0.25, -0.2) is 9.97 Å². The third kappa shape index (κ3) is 4.46. The predicted molar refractivity (Wildman–Crippen MR) is 73.9 cm³/mol. The van der Waals surface area contributed by atoms with E-state index in [1.54, 1.807) is 13.4 Å². The molecule has 0 aliphatic rings. The number of ether oxygens (including phenoxy) is 1. The molecular weight excluding hydrogens is 230 g/mol. The summed E-state index contributed by atoms with van der Waals surface area (Å²) >= 11 is 0. The van der Waals surface area contributed by atoms with Crippen molar-refractivity contribution in [2.75, 3.05) is 44.1 Å². The van der Waals surface area contributed by atoms with E-state index in [1.165, 1.54) is 0 Å². The molecule has 0 bridgehead atoms. The smallest absolute Gasteiger partial charge is 0.134 e. The van der Waals surface area contributed by atoms with Crippen LogP contribution in [0.1, 0.15) is 13.3 Å². The van der Waals surface area contributed by atoms with Crippen LogP contribution in [-0.4, -0.2) is 49.9 Å². The average molecular weight is 253 g/mol. The Morgan fingerprint density at radius 1 is 1.50 bits per heavy atom. The van der Waals surface area contributed by atoms with Crippen molar-refractivity contribution in [2.24, 2.45) is 5.73 Å². The van der Waals surface area contributed by atoms with Crippen molar-refractivity contribution in [1.29, 1.82) is 0 Å². The predicted octanol–water partition coefficient (Wildman–Crippen LogP) is 0.708. The minimum atomic E-state index is 0.251. The number of anilines is 2. The lowest BCUT2D eigenvalue weighted by Crippen LogP contribution is -2.35. The number of nitrogens with two attached hydrogens (primary N) is 1. The molecule has 1 aromatic heterocycles. The first-order valence-corrected chi connectivity index (χ1v) is 6.16. The van der Waals surface area contributed by atoms with Crippen molar-refractivity contribution >= 4 is 11.6 Å². The van der Waals surface area contributed by atoms with Gasteiger partial charge in [-0.2, -0.15) is 0 Å². The van der Waals surface area contributed by atoms with E-state index in [0.29, 0.717) is 6.54 Å². The standard InChI is InChI=1S/C12H23N5O/c1-10(8-13)17(2)12-7-11(15-9-16-12)14-5-4-6-18-3/h7,9-10H,4-6,8,13H2,1-3H3,(H,14,15,16). The Bertz CT molecular complexity index is 347. The topological polar surface area (TPSA) is 76.3 Å². The van der Waals surface area contributed by atoms with Crippen LogP contribution in [0, 0.1) is 0 Å². The van der Waals surface area contributed by atoms with E-state index in [9.17, 15) is 0 Å². The van der Waals surface area contributed by atoms with E-state index in [2.05, 4.69) is 22.2 Å². The molecule has 0 aliphatic heterocycles. The largest absolute Gasteiger partial charge is 0.385 e. The summed E-state index contributed by atoms with van der Waals surface area (Å²) in [6, 6.07) is 2.18. The quantitative estimate of drug-likeness (QED) is 0.664. The van der Waals surface area contributed by atoms with Crippen LogP contribution in [-0.2, 0) is 4.74 Å². The van der Waals surface area contributed by atoms with Gasteiger partial charge in [0.25, 0.3) is 0 Å². The van der Waals surface area contributed by atoms with Gasteiger partial charge in [0.1, 0.15) is 18.0 Å². The molecule has 0 aliphatic carbocycles. The third-order valence-electron chi connectivity index (χ3n) is 2.85. The van der Waals surface area contributed by atoms with E-state index in [0.717, 1.165) is 31.2 Å². The van der Waals surface area contributed by atoms with Crippen LogP contribution in [0.25, 0.3) is 0 Å². The Hall–Kier alpha value is -1.40. The Balaban J connectivity index is 2.56. The second-order valence-electron chi connectivity index (χ2n) is 4.23. The Labute approximate surface area is 109 Å². The lowest BCUT2D eigenvalue weighted by atomic mass is 10.3. The molecule has 1 atom stereocenters. The lowest BCUT2D eigenvalue weighted by Gasteiger charge is -2.24. The molecule has 1 rings (SSSR count). The van der Waals surface area contributed by atoms with Crippen LogP contribution in [0.2, 0.25) is 0 Å². The fraction of sp³-hybridized carbons (Fsp3) is 0.667. The second-order valence-corrected chi connectivity index (χ2v) is 4.23. The van der Waals surface area contributed by atoms with Crippen LogP contribution in [0.3, 0.4) is 0 Å². The molecule has 102 valence electrons. The molecular formula is C12H23N5O. The Morgan fingerprint density at radius 2 is 2.28 bits per heavy atom. The molecule has 0 saturated carbocycles. The summed E-state index contributed by atoms with van der Waals surface area (Å²) in [5.74, 6) is 1.70. The summed E-state index contributed by atoms with van der Waals surface area (Å²) in [4.78, 5) is 10.5. The zero-order valence-corrected chi connectivity index (χ0v) is 11.4. The second kappa shape index (κ2) is 7.84. The highest BCUT2D eigenvalue weighted by Crippen LogP contribution is 2.14. The molecule has 3 N–H and O–H groups in total. The third-order valence-corrected chi connectivity index (χ3v) is 2.85. The SMILES string of the molecule is COCCCNc1cc(N(C)C(C)CN)ncn1. The minimum Gasteiger partial charge on any atom is -0.385 e. The molecule has 0 aromatic carbocycles. The molecule has 1 unspecified atom stereocenters. The zero-order chi connectivity index (χ0) is 13.4. The van der Waals surface area contributed by atoms with Gasteiger partial charge in [0.2, 0.25) is 0 Å². The van der Waals surface area contributed by atoms with Crippen molar-refractivity contribution in [3.05, 3.63) is 12.4 Å². The maximum atomic E-state index is 5.65. The molecule has 18 heavy (non-hydrogen) atoms. The van der Waals surface area contributed by atoms with Gasteiger partial charge < -0.3 is 20.7 Å². The van der Waals surface area contributed by atoms with Crippen molar-refractivity contribution in [3.8, 4) is 0 Å². The fourth-order valence-corrected chi connectivity index (χ4v) is 1.45. The minimum absolute atomic E-state index is 0.251. The van der Waals surface area contributed by atoms with Crippen LogP contribution in [0.5, 0.6) is 0 Å². The van der Waals surface area contributed by atoms with Gasteiger partial charge in [-0.15, -0.1) is 0 Å². The number of aromatic nitrogens is 2. The Kier molecular flexibility index (Phi) is 6.38. The highest BCUT2D eigenvalue weighted by atomic mass is 16.5. The molecule has 0 saturated heterocycles. The van der Waals surface area contributed by atoms with Gasteiger partial charge in [0, 0.05) is 46.0 Å². The highest BCUT2D eigenvalue weighted by Gasteiger charge is 2.09. The summed E-state index contributed by atoms with van der Waals surface area (Å²) in [7, 11) is 3.68.